The molecule has 5 rings (SSSR count). The zero-order chi connectivity index (χ0) is 20.0. The summed E-state index contributed by atoms with van der Waals surface area (Å²) in [7, 11) is 0. The third-order valence-corrected chi connectivity index (χ3v) is 7.22. The maximum absolute atomic E-state index is 12.9. The standard InChI is InChI=1S/C22H28N6O/c1-12(13-5-3-2-4-6-13)16-7-14-8-17-19(9-18(14)26-21(16)29)27-28-20(17)15-10-24-22(23)25-11-15/h2-6,10-12,14,16-20,27-28H,7-9H2,1H3,(H,26,29)(H2,23,24,25). The number of carbonyl (C=O) groups excluding carboxylic acids is 1. The summed E-state index contributed by atoms with van der Waals surface area (Å²) in [6.07, 6.45) is 6.61. The highest BCUT2D eigenvalue weighted by Gasteiger charge is 2.49. The summed E-state index contributed by atoms with van der Waals surface area (Å²) >= 11 is 0. The zero-order valence-corrected chi connectivity index (χ0v) is 16.6. The van der Waals surface area contributed by atoms with Gasteiger partial charge in [-0.3, -0.25) is 10.2 Å². The lowest BCUT2D eigenvalue weighted by Crippen LogP contribution is -2.56. The van der Waals surface area contributed by atoms with Crippen LogP contribution in [0.2, 0.25) is 0 Å². The fourth-order valence-electron chi connectivity index (χ4n) is 5.58. The van der Waals surface area contributed by atoms with Crippen LogP contribution in [0.4, 0.5) is 5.95 Å². The Labute approximate surface area is 170 Å². The largest absolute Gasteiger partial charge is 0.368 e. The van der Waals surface area contributed by atoms with Gasteiger partial charge in [-0.2, -0.15) is 0 Å². The van der Waals surface area contributed by atoms with Gasteiger partial charge in [0.1, 0.15) is 0 Å². The minimum atomic E-state index is 0.0239. The molecule has 1 aromatic heterocycles. The minimum absolute atomic E-state index is 0.0239. The number of amides is 1. The van der Waals surface area contributed by atoms with Crippen molar-refractivity contribution in [1.82, 2.24) is 26.1 Å². The van der Waals surface area contributed by atoms with Crippen molar-refractivity contribution in [1.29, 1.82) is 0 Å². The first-order valence-corrected chi connectivity index (χ1v) is 10.5. The summed E-state index contributed by atoms with van der Waals surface area (Å²) < 4.78 is 0. The molecular weight excluding hydrogens is 364 g/mol. The summed E-state index contributed by atoms with van der Waals surface area (Å²) in [5.41, 5.74) is 14.8. The zero-order valence-electron chi connectivity index (χ0n) is 16.6. The van der Waals surface area contributed by atoms with Crippen molar-refractivity contribution in [3.63, 3.8) is 0 Å². The first-order chi connectivity index (χ1) is 14.1. The van der Waals surface area contributed by atoms with Crippen LogP contribution < -0.4 is 21.9 Å². The number of nitrogen functional groups attached to an aromatic ring is 1. The second-order valence-corrected chi connectivity index (χ2v) is 8.80. The van der Waals surface area contributed by atoms with E-state index in [2.05, 4.69) is 57.3 Å². The molecule has 1 saturated carbocycles. The summed E-state index contributed by atoms with van der Waals surface area (Å²) in [5.74, 6) is 1.69. The predicted molar refractivity (Wildman–Crippen MR) is 110 cm³/mol. The van der Waals surface area contributed by atoms with E-state index in [9.17, 15) is 4.79 Å². The highest BCUT2D eigenvalue weighted by molar-refractivity contribution is 5.81. The van der Waals surface area contributed by atoms with Gasteiger partial charge < -0.3 is 11.1 Å². The predicted octanol–water partition coefficient (Wildman–Crippen LogP) is 1.91. The van der Waals surface area contributed by atoms with Crippen molar-refractivity contribution in [3.05, 3.63) is 53.9 Å². The van der Waals surface area contributed by atoms with Gasteiger partial charge in [-0.1, -0.05) is 37.3 Å². The molecule has 2 aliphatic heterocycles. The third-order valence-electron chi connectivity index (χ3n) is 7.22. The lowest BCUT2D eigenvalue weighted by Gasteiger charge is -2.45. The molecule has 152 valence electrons. The topological polar surface area (TPSA) is 105 Å². The molecule has 2 aromatic rings. The molecule has 5 N–H and O–H groups in total. The molecule has 0 spiro atoms. The van der Waals surface area contributed by atoms with Crippen LogP contribution in [0, 0.1) is 17.8 Å². The van der Waals surface area contributed by atoms with E-state index in [0.717, 1.165) is 24.8 Å². The van der Waals surface area contributed by atoms with Crippen molar-refractivity contribution < 1.29 is 4.79 Å². The average Bonchev–Trinajstić information content (AvgIpc) is 3.15. The van der Waals surface area contributed by atoms with Gasteiger partial charge in [0.05, 0.1) is 6.04 Å². The maximum atomic E-state index is 12.9. The molecule has 3 fully saturated rings. The molecule has 1 amide bonds. The van der Waals surface area contributed by atoms with E-state index >= 15 is 0 Å². The molecule has 3 aliphatic rings. The van der Waals surface area contributed by atoms with E-state index < -0.39 is 0 Å². The van der Waals surface area contributed by atoms with E-state index in [4.69, 9.17) is 5.73 Å². The molecule has 7 atom stereocenters. The second kappa shape index (κ2) is 7.39. The average molecular weight is 393 g/mol. The van der Waals surface area contributed by atoms with Crippen molar-refractivity contribution in [3.8, 4) is 0 Å². The van der Waals surface area contributed by atoms with E-state index in [0.29, 0.717) is 23.8 Å². The number of carbonyl (C=O) groups is 1. The SMILES string of the molecule is CC(c1ccccc1)C1CC2CC3C(CC2NC1=O)NNC3c1cnc(N)nc1. The minimum Gasteiger partial charge on any atom is -0.368 e. The molecule has 1 aliphatic carbocycles. The number of fused-ring (bicyclic) bond motifs is 2. The molecule has 2 saturated heterocycles. The molecular formula is C22H28N6O. The highest BCUT2D eigenvalue weighted by atomic mass is 16.2. The van der Waals surface area contributed by atoms with Gasteiger partial charge in [-0.05, 0) is 42.6 Å². The van der Waals surface area contributed by atoms with Crippen LogP contribution in [0.5, 0.6) is 0 Å². The van der Waals surface area contributed by atoms with Gasteiger partial charge in [0, 0.05) is 36.0 Å². The first kappa shape index (κ1) is 18.5. The number of hydrogen-bond donors (Lipinski definition) is 4. The number of hydrazine groups is 1. The van der Waals surface area contributed by atoms with Crippen LogP contribution in [0.15, 0.2) is 42.7 Å². The van der Waals surface area contributed by atoms with Gasteiger partial charge in [-0.15, -0.1) is 0 Å². The van der Waals surface area contributed by atoms with Crippen LogP contribution in [-0.2, 0) is 4.79 Å². The monoisotopic (exact) mass is 392 g/mol. The lowest BCUT2D eigenvalue weighted by molar-refractivity contribution is -0.131. The van der Waals surface area contributed by atoms with Gasteiger partial charge >= 0.3 is 0 Å². The van der Waals surface area contributed by atoms with Crippen LogP contribution in [0.1, 0.15) is 49.3 Å². The molecule has 0 radical (unpaired) electrons. The Bertz CT molecular complexity index is 873. The van der Waals surface area contributed by atoms with Crippen LogP contribution in [-0.4, -0.2) is 28.0 Å². The number of hydrogen-bond acceptors (Lipinski definition) is 6. The number of nitrogens with one attached hydrogen (secondary N) is 3. The number of rotatable bonds is 3. The molecule has 1 aromatic carbocycles. The van der Waals surface area contributed by atoms with E-state index in [1.165, 1.54) is 5.56 Å². The fourth-order valence-corrected chi connectivity index (χ4v) is 5.58. The Morgan fingerprint density at radius 1 is 1.03 bits per heavy atom. The first-order valence-electron chi connectivity index (χ1n) is 10.5. The summed E-state index contributed by atoms with van der Waals surface area (Å²) in [4.78, 5) is 21.2. The smallest absolute Gasteiger partial charge is 0.223 e. The van der Waals surface area contributed by atoms with Crippen molar-refractivity contribution >= 4 is 11.9 Å². The Balaban J connectivity index is 1.33. The van der Waals surface area contributed by atoms with Gasteiger partial charge in [0.2, 0.25) is 11.9 Å². The number of piperidine rings is 1. The molecule has 7 heteroatoms. The molecule has 29 heavy (non-hydrogen) atoms. The van der Waals surface area contributed by atoms with Gasteiger partial charge in [0.25, 0.3) is 0 Å². The number of nitrogens with zero attached hydrogens (tertiary/aromatic N) is 2. The van der Waals surface area contributed by atoms with Crippen molar-refractivity contribution in [2.24, 2.45) is 17.8 Å². The Kier molecular flexibility index (Phi) is 4.72. The Morgan fingerprint density at radius 2 is 1.79 bits per heavy atom. The van der Waals surface area contributed by atoms with Crippen LogP contribution in [0.25, 0.3) is 0 Å². The fraction of sp³-hybridized carbons (Fsp3) is 0.500. The van der Waals surface area contributed by atoms with E-state index in [-0.39, 0.29) is 29.8 Å². The lowest BCUT2D eigenvalue weighted by atomic mass is 9.66. The van der Waals surface area contributed by atoms with Crippen LogP contribution in [0.3, 0.4) is 0 Å². The summed E-state index contributed by atoms with van der Waals surface area (Å²) in [5, 5.41) is 3.35. The summed E-state index contributed by atoms with van der Waals surface area (Å²) in [6.45, 7) is 2.18. The second-order valence-electron chi connectivity index (χ2n) is 8.80. The quantitative estimate of drug-likeness (QED) is 0.636. The maximum Gasteiger partial charge on any atom is 0.223 e. The molecule has 3 heterocycles. The van der Waals surface area contributed by atoms with Crippen molar-refractivity contribution in [2.45, 2.75) is 50.2 Å². The summed E-state index contributed by atoms with van der Waals surface area (Å²) in [6, 6.07) is 11.1. The van der Waals surface area contributed by atoms with E-state index in [1.54, 1.807) is 0 Å². The van der Waals surface area contributed by atoms with Crippen LogP contribution >= 0.6 is 0 Å². The van der Waals surface area contributed by atoms with Gasteiger partial charge in [-0.25, -0.2) is 15.4 Å². The highest BCUT2D eigenvalue weighted by Crippen LogP contribution is 2.45. The molecule has 7 nitrogen and oxygen atoms in total. The Hall–Kier alpha value is -2.51. The molecule has 7 unspecified atom stereocenters. The van der Waals surface area contributed by atoms with E-state index in [1.807, 2.05) is 18.5 Å². The number of anilines is 1. The number of aromatic nitrogens is 2. The molecule has 0 bridgehead atoms. The third kappa shape index (κ3) is 3.38. The number of nitrogens with two attached hydrogens (primary N) is 1. The Morgan fingerprint density at radius 3 is 2.55 bits per heavy atom. The van der Waals surface area contributed by atoms with Crippen molar-refractivity contribution in [2.75, 3.05) is 5.73 Å². The normalized spacial score (nSPS) is 34.7. The number of benzene rings is 1. The van der Waals surface area contributed by atoms with Gasteiger partial charge in [0.15, 0.2) is 0 Å².